The predicted octanol–water partition coefficient (Wildman–Crippen LogP) is 3.56. The smallest absolute Gasteiger partial charge is 0.259 e. The Balaban J connectivity index is 1.45. The van der Waals surface area contributed by atoms with Crippen molar-refractivity contribution < 1.29 is 13.7 Å². The molecule has 1 aromatic carbocycles. The molecule has 0 radical (unpaired) electrons. The molecule has 2 aliphatic rings. The number of nitrogens with zero attached hydrogens (tertiary/aromatic N) is 3. The molecule has 1 spiro atoms. The maximum Gasteiger partial charge on any atom is 0.259 e. The first kappa shape index (κ1) is 18.2. The Hall–Kier alpha value is -2.21. The lowest BCUT2D eigenvalue weighted by atomic mass is 9.79. The molecule has 2 saturated heterocycles. The number of carbonyl (C=O) groups is 1. The van der Waals surface area contributed by atoms with E-state index in [9.17, 15) is 9.18 Å². The summed E-state index contributed by atoms with van der Waals surface area (Å²) in [6.45, 7) is 7.63. The van der Waals surface area contributed by atoms with Crippen molar-refractivity contribution in [3.63, 3.8) is 0 Å². The summed E-state index contributed by atoms with van der Waals surface area (Å²) in [6.07, 6.45) is 3.20. The minimum Gasteiger partial charge on any atom is -0.361 e. The van der Waals surface area contributed by atoms with Crippen LogP contribution < -0.4 is 0 Å². The van der Waals surface area contributed by atoms with Crippen molar-refractivity contribution in [2.45, 2.75) is 39.7 Å². The first-order valence-corrected chi connectivity index (χ1v) is 9.65. The number of halogens is 1. The van der Waals surface area contributed by atoms with Crippen LogP contribution in [0.2, 0.25) is 0 Å². The predicted molar refractivity (Wildman–Crippen MR) is 99.8 cm³/mol. The van der Waals surface area contributed by atoms with Crippen molar-refractivity contribution in [1.29, 1.82) is 0 Å². The average Bonchev–Trinajstić information content (AvgIpc) is 3.20. The maximum absolute atomic E-state index is 14.0. The highest BCUT2D eigenvalue weighted by Gasteiger charge is 2.43. The van der Waals surface area contributed by atoms with Crippen LogP contribution in [0.3, 0.4) is 0 Å². The van der Waals surface area contributed by atoms with Gasteiger partial charge < -0.3 is 9.42 Å². The summed E-state index contributed by atoms with van der Waals surface area (Å²) >= 11 is 0. The summed E-state index contributed by atoms with van der Waals surface area (Å²) in [6, 6.07) is 7.00. The number of carbonyl (C=O) groups excluding carboxylic acids is 1. The van der Waals surface area contributed by atoms with Crippen molar-refractivity contribution in [3.8, 4) is 0 Å². The largest absolute Gasteiger partial charge is 0.361 e. The van der Waals surface area contributed by atoms with Crippen molar-refractivity contribution in [3.05, 3.63) is 52.7 Å². The molecule has 0 N–H and O–H groups in total. The standard InChI is InChI=1S/C21H26FN3O2/c1-15-19(16(2)27-23-15)20(26)25-11-9-21(14-25)8-5-10-24(13-21)12-17-6-3-4-7-18(17)22/h3-4,6-7H,5,8-14H2,1-2H3/t21-/m1/s1. The van der Waals surface area contributed by atoms with Gasteiger partial charge in [-0.1, -0.05) is 23.4 Å². The SMILES string of the molecule is Cc1noc(C)c1C(=O)N1CC[C@@]2(CCCN(Cc3ccccc3F)C2)C1. The van der Waals surface area contributed by atoms with Crippen LogP contribution in [0.4, 0.5) is 4.39 Å². The zero-order valence-corrected chi connectivity index (χ0v) is 16.0. The highest BCUT2D eigenvalue weighted by molar-refractivity contribution is 5.96. The second-order valence-corrected chi connectivity index (χ2v) is 8.08. The summed E-state index contributed by atoms with van der Waals surface area (Å²) in [5, 5.41) is 3.91. The van der Waals surface area contributed by atoms with E-state index in [0.717, 1.165) is 51.0 Å². The zero-order valence-electron chi connectivity index (χ0n) is 16.0. The normalized spacial score (nSPS) is 23.3. The van der Waals surface area contributed by atoms with Crippen LogP contribution in [-0.4, -0.2) is 47.0 Å². The van der Waals surface area contributed by atoms with E-state index in [1.54, 1.807) is 13.0 Å². The first-order chi connectivity index (χ1) is 13.0. The van der Waals surface area contributed by atoms with Gasteiger partial charge in [0.1, 0.15) is 17.1 Å². The van der Waals surface area contributed by atoms with Gasteiger partial charge in [-0.25, -0.2) is 4.39 Å². The topological polar surface area (TPSA) is 49.6 Å². The molecule has 0 bridgehead atoms. The lowest BCUT2D eigenvalue weighted by Gasteiger charge is -2.40. The van der Waals surface area contributed by atoms with Crippen LogP contribution in [0.5, 0.6) is 0 Å². The van der Waals surface area contributed by atoms with Crippen LogP contribution in [-0.2, 0) is 6.54 Å². The van der Waals surface area contributed by atoms with Gasteiger partial charge in [-0.15, -0.1) is 0 Å². The van der Waals surface area contributed by atoms with Gasteiger partial charge in [0.25, 0.3) is 5.91 Å². The zero-order chi connectivity index (χ0) is 19.0. The van der Waals surface area contributed by atoms with Gasteiger partial charge in [-0.2, -0.15) is 0 Å². The Labute approximate surface area is 159 Å². The molecule has 0 unspecified atom stereocenters. The number of aryl methyl sites for hydroxylation is 2. The molecule has 1 atom stereocenters. The van der Waals surface area contributed by atoms with E-state index in [4.69, 9.17) is 4.52 Å². The Morgan fingerprint density at radius 2 is 2.04 bits per heavy atom. The third-order valence-electron chi connectivity index (χ3n) is 6.07. The highest BCUT2D eigenvalue weighted by atomic mass is 19.1. The van der Waals surface area contributed by atoms with E-state index in [2.05, 4.69) is 10.1 Å². The molecule has 1 amide bonds. The molecule has 2 aliphatic heterocycles. The third-order valence-corrected chi connectivity index (χ3v) is 6.07. The quantitative estimate of drug-likeness (QED) is 0.828. The molecule has 2 fully saturated rings. The molecule has 144 valence electrons. The molecule has 0 saturated carbocycles. The summed E-state index contributed by atoms with van der Waals surface area (Å²) in [4.78, 5) is 17.2. The Morgan fingerprint density at radius 3 is 2.78 bits per heavy atom. The number of rotatable bonds is 3. The van der Waals surface area contributed by atoms with E-state index < -0.39 is 0 Å². The number of amides is 1. The molecular weight excluding hydrogens is 345 g/mol. The molecule has 2 aromatic rings. The van der Waals surface area contributed by atoms with Gasteiger partial charge in [0, 0.05) is 37.2 Å². The molecule has 3 heterocycles. The van der Waals surface area contributed by atoms with Gasteiger partial charge in [0.05, 0.1) is 5.69 Å². The van der Waals surface area contributed by atoms with E-state index in [0.29, 0.717) is 23.6 Å². The van der Waals surface area contributed by atoms with Crippen molar-refractivity contribution in [2.24, 2.45) is 5.41 Å². The number of aromatic nitrogens is 1. The average molecular weight is 371 g/mol. The number of piperidine rings is 1. The Kier molecular flexibility index (Phi) is 4.76. The Bertz CT molecular complexity index is 830. The summed E-state index contributed by atoms with van der Waals surface area (Å²) in [5.74, 6) is 0.469. The van der Waals surface area contributed by atoms with Gasteiger partial charge in [0.2, 0.25) is 0 Å². The first-order valence-electron chi connectivity index (χ1n) is 9.65. The van der Waals surface area contributed by atoms with E-state index in [1.807, 2.05) is 24.0 Å². The minimum atomic E-state index is -0.140. The van der Waals surface area contributed by atoms with E-state index >= 15 is 0 Å². The van der Waals surface area contributed by atoms with Gasteiger partial charge in [-0.05, 0) is 45.7 Å². The molecular formula is C21H26FN3O2. The van der Waals surface area contributed by atoms with Gasteiger partial charge >= 0.3 is 0 Å². The summed E-state index contributed by atoms with van der Waals surface area (Å²) in [5.41, 5.74) is 2.11. The van der Waals surface area contributed by atoms with Crippen molar-refractivity contribution in [2.75, 3.05) is 26.2 Å². The highest BCUT2D eigenvalue weighted by Crippen LogP contribution is 2.40. The van der Waals surface area contributed by atoms with Crippen LogP contribution in [0.1, 0.15) is 46.6 Å². The number of likely N-dealkylation sites (tertiary alicyclic amines) is 2. The van der Waals surface area contributed by atoms with Gasteiger partial charge in [-0.3, -0.25) is 9.69 Å². The number of hydrogen-bond acceptors (Lipinski definition) is 4. The van der Waals surface area contributed by atoms with Crippen LogP contribution in [0.15, 0.2) is 28.8 Å². The minimum absolute atomic E-state index is 0.0225. The lowest BCUT2D eigenvalue weighted by molar-refractivity contribution is 0.0671. The van der Waals surface area contributed by atoms with Gasteiger partial charge in [0.15, 0.2) is 0 Å². The second kappa shape index (κ2) is 7.08. The molecule has 27 heavy (non-hydrogen) atoms. The third kappa shape index (κ3) is 3.50. The monoisotopic (exact) mass is 371 g/mol. The number of benzene rings is 1. The lowest BCUT2D eigenvalue weighted by Crippen LogP contribution is -2.45. The van der Waals surface area contributed by atoms with Crippen LogP contribution in [0.25, 0.3) is 0 Å². The summed E-state index contributed by atoms with van der Waals surface area (Å²) in [7, 11) is 0. The van der Waals surface area contributed by atoms with Crippen LogP contribution >= 0.6 is 0 Å². The van der Waals surface area contributed by atoms with Crippen molar-refractivity contribution >= 4 is 5.91 Å². The molecule has 0 aliphatic carbocycles. The van der Waals surface area contributed by atoms with E-state index in [-0.39, 0.29) is 17.1 Å². The fourth-order valence-electron chi connectivity index (χ4n) is 4.70. The molecule has 1 aromatic heterocycles. The fraction of sp³-hybridized carbons (Fsp3) is 0.524. The number of hydrogen-bond donors (Lipinski definition) is 0. The molecule has 6 heteroatoms. The van der Waals surface area contributed by atoms with Crippen molar-refractivity contribution in [1.82, 2.24) is 15.0 Å². The van der Waals surface area contributed by atoms with E-state index in [1.165, 1.54) is 6.07 Å². The second-order valence-electron chi connectivity index (χ2n) is 8.08. The maximum atomic E-state index is 14.0. The molecule has 4 rings (SSSR count). The summed E-state index contributed by atoms with van der Waals surface area (Å²) < 4.78 is 19.2. The van der Waals surface area contributed by atoms with Crippen LogP contribution in [0, 0.1) is 25.1 Å². The fourth-order valence-corrected chi connectivity index (χ4v) is 4.70. The molecule has 5 nitrogen and oxygen atoms in total. The Morgan fingerprint density at radius 1 is 1.22 bits per heavy atom.